The van der Waals surface area contributed by atoms with Crippen LogP contribution >= 0.6 is 0 Å². The van der Waals surface area contributed by atoms with E-state index in [4.69, 9.17) is 14.2 Å². The molecule has 2 aliphatic rings. The van der Waals surface area contributed by atoms with Crippen molar-refractivity contribution in [3.63, 3.8) is 0 Å². The number of esters is 1. The fourth-order valence-corrected chi connectivity index (χ4v) is 5.94. The molecule has 1 aromatic carbocycles. The third-order valence-electron chi connectivity index (χ3n) is 7.88. The lowest BCUT2D eigenvalue weighted by molar-refractivity contribution is -0.143. The van der Waals surface area contributed by atoms with E-state index in [9.17, 15) is 15.0 Å². The SMILES string of the molecule is CCOC(=O)CCCCC1CCCC[C@@H](Nc2nnc3c(c2CO)CCCOCc2cc(OC)cc(O)c2-3)C1. The van der Waals surface area contributed by atoms with Crippen molar-refractivity contribution in [2.75, 3.05) is 25.6 Å². The summed E-state index contributed by atoms with van der Waals surface area (Å²) in [4.78, 5) is 11.7. The molecule has 1 aliphatic carbocycles. The second-order valence-corrected chi connectivity index (χ2v) is 10.6. The molecule has 9 heteroatoms. The summed E-state index contributed by atoms with van der Waals surface area (Å²) >= 11 is 0. The highest BCUT2D eigenvalue weighted by molar-refractivity contribution is 5.76. The summed E-state index contributed by atoms with van der Waals surface area (Å²) in [5, 5.41) is 34.2. The molecule has 3 N–H and O–H groups in total. The quantitative estimate of drug-likeness (QED) is 0.209. The van der Waals surface area contributed by atoms with E-state index in [0.717, 1.165) is 61.6 Å². The van der Waals surface area contributed by atoms with E-state index in [1.54, 1.807) is 13.2 Å². The minimum Gasteiger partial charge on any atom is -0.507 e. The van der Waals surface area contributed by atoms with Crippen LogP contribution in [0.25, 0.3) is 11.3 Å². The molecule has 2 atom stereocenters. The molecule has 39 heavy (non-hydrogen) atoms. The minimum absolute atomic E-state index is 0.0598. The number of methoxy groups -OCH3 is 1. The van der Waals surface area contributed by atoms with Crippen LogP contribution in [0.15, 0.2) is 12.1 Å². The van der Waals surface area contributed by atoms with Gasteiger partial charge in [0.15, 0.2) is 5.82 Å². The Bertz CT molecular complexity index is 1110. The van der Waals surface area contributed by atoms with E-state index in [0.29, 0.717) is 61.4 Å². The molecule has 2 aromatic rings. The molecule has 2 heterocycles. The van der Waals surface area contributed by atoms with Gasteiger partial charge in [0.05, 0.1) is 26.9 Å². The lowest BCUT2D eigenvalue weighted by Crippen LogP contribution is -2.24. The number of aromatic nitrogens is 2. The van der Waals surface area contributed by atoms with Crippen molar-refractivity contribution < 1.29 is 29.2 Å². The standard InChI is InChI=1S/C30H43N3O6/c1-3-39-27(36)13-7-5-10-20-9-4-6-11-22(15-20)31-30-25(18-34)24-12-8-14-38-19-21-16-23(37-2)17-26(35)28(21)29(24)32-33-30/h16-17,20,22,34-35H,3-15,18-19H2,1-2H3,(H,31,33)/t20?,22-/m1/s1. The number of nitrogens with one attached hydrogen (secondary N) is 1. The van der Waals surface area contributed by atoms with Crippen LogP contribution in [0.3, 0.4) is 0 Å². The van der Waals surface area contributed by atoms with E-state index in [-0.39, 0.29) is 24.4 Å². The average molecular weight is 542 g/mol. The Morgan fingerprint density at radius 1 is 1.18 bits per heavy atom. The fraction of sp³-hybridized carbons (Fsp3) is 0.633. The van der Waals surface area contributed by atoms with E-state index in [1.807, 2.05) is 13.0 Å². The molecule has 4 rings (SSSR count). The number of carbonyl (C=O) groups excluding carboxylic acids is 1. The molecule has 0 radical (unpaired) electrons. The Morgan fingerprint density at radius 2 is 2.03 bits per heavy atom. The third-order valence-corrected chi connectivity index (χ3v) is 7.88. The van der Waals surface area contributed by atoms with Crippen LogP contribution < -0.4 is 10.1 Å². The van der Waals surface area contributed by atoms with Gasteiger partial charge in [-0.2, -0.15) is 0 Å². The normalized spacial score (nSPS) is 19.5. The summed E-state index contributed by atoms with van der Waals surface area (Å²) < 4.78 is 16.3. The zero-order valence-corrected chi connectivity index (χ0v) is 23.3. The summed E-state index contributed by atoms with van der Waals surface area (Å²) in [5.41, 5.74) is 3.58. The number of ether oxygens (including phenoxy) is 3. The molecule has 1 saturated carbocycles. The summed E-state index contributed by atoms with van der Waals surface area (Å²) in [5.74, 6) is 1.71. The highest BCUT2D eigenvalue weighted by Crippen LogP contribution is 2.40. The number of aromatic hydroxyl groups is 1. The van der Waals surface area contributed by atoms with Crippen molar-refractivity contribution in [1.82, 2.24) is 10.2 Å². The van der Waals surface area contributed by atoms with Crippen LogP contribution in [0.4, 0.5) is 5.82 Å². The van der Waals surface area contributed by atoms with Crippen LogP contribution in [-0.2, 0) is 33.9 Å². The van der Waals surface area contributed by atoms with E-state index >= 15 is 0 Å². The number of fused-ring (bicyclic) bond motifs is 3. The van der Waals surface area contributed by atoms with Crippen molar-refractivity contribution in [3.8, 4) is 22.8 Å². The van der Waals surface area contributed by atoms with E-state index in [2.05, 4.69) is 15.5 Å². The van der Waals surface area contributed by atoms with Crippen LogP contribution in [0, 0.1) is 5.92 Å². The molecule has 1 unspecified atom stereocenters. The number of phenolic OH excluding ortho intramolecular Hbond substituents is 1. The monoisotopic (exact) mass is 541 g/mol. The maximum absolute atomic E-state index is 11.7. The highest BCUT2D eigenvalue weighted by atomic mass is 16.5. The van der Waals surface area contributed by atoms with Gasteiger partial charge in [-0.05, 0) is 62.1 Å². The first kappa shape index (κ1) is 29.1. The predicted octanol–water partition coefficient (Wildman–Crippen LogP) is 5.30. The molecule has 1 aromatic heterocycles. The number of anilines is 1. The van der Waals surface area contributed by atoms with Crippen LogP contribution in [0.1, 0.15) is 87.8 Å². The molecule has 1 aliphatic heterocycles. The van der Waals surface area contributed by atoms with Crippen LogP contribution in [0.5, 0.6) is 11.5 Å². The highest BCUT2D eigenvalue weighted by Gasteiger charge is 2.26. The Morgan fingerprint density at radius 3 is 2.82 bits per heavy atom. The molecular weight excluding hydrogens is 498 g/mol. The van der Waals surface area contributed by atoms with Gasteiger partial charge in [-0.25, -0.2) is 0 Å². The number of benzene rings is 1. The first-order valence-electron chi connectivity index (χ1n) is 14.4. The van der Waals surface area contributed by atoms with Gasteiger partial charge in [-0.3, -0.25) is 4.79 Å². The average Bonchev–Trinajstić information content (AvgIpc) is 3.10. The number of aliphatic hydroxyl groups is 1. The Labute approximate surface area is 231 Å². The van der Waals surface area contributed by atoms with Gasteiger partial charge in [-0.15, -0.1) is 10.2 Å². The Balaban J connectivity index is 1.53. The summed E-state index contributed by atoms with van der Waals surface area (Å²) in [6, 6.07) is 3.67. The van der Waals surface area contributed by atoms with Crippen molar-refractivity contribution in [3.05, 3.63) is 28.8 Å². The van der Waals surface area contributed by atoms with Crippen LogP contribution in [-0.4, -0.2) is 52.7 Å². The zero-order chi connectivity index (χ0) is 27.6. The Hall–Kier alpha value is -2.91. The second kappa shape index (κ2) is 14.5. The summed E-state index contributed by atoms with van der Waals surface area (Å²) in [7, 11) is 1.56. The first-order chi connectivity index (χ1) is 19.0. The zero-order valence-electron chi connectivity index (χ0n) is 23.3. The lowest BCUT2D eigenvalue weighted by atomic mass is 9.91. The van der Waals surface area contributed by atoms with Crippen molar-refractivity contribution in [2.24, 2.45) is 5.92 Å². The second-order valence-electron chi connectivity index (χ2n) is 10.6. The van der Waals surface area contributed by atoms with Gasteiger partial charge in [0, 0.05) is 36.3 Å². The number of nitrogens with zero attached hydrogens (tertiary/aromatic N) is 2. The lowest BCUT2D eigenvalue weighted by Gasteiger charge is -2.24. The summed E-state index contributed by atoms with van der Waals surface area (Å²) in [6.45, 7) is 3.00. The Kier molecular flexibility index (Phi) is 10.8. The van der Waals surface area contributed by atoms with Crippen molar-refractivity contribution in [1.29, 1.82) is 0 Å². The number of unbranched alkanes of at least 4 members (excludes halogenated alkanes) is 1. The molecule has 214 valence electrons. The number of phenols is 1. The fourth-order valence-electron chi connectivity index (χ4n) is 5.94. The van der Waals surface area contributed by atoms with Gasteiger partial charge in [0.25, 0.3) is 0 Å². The number of rotatable bonds is 10. The van der Waals surface area contributed by atoms with Gasteiger partial charge in [-0.1, -0.05) is 32.1 Å². The largest absolute Gasteiger partial charge is 0.507 e. The molecule has 0 saturated heterocycles. The maximum atomic E-state index is 11.7. The van der Waals surface area contributed by atoms with E-state index in [1.165, 1.54) is 12.8 Å². The maximum Gasteiger partial charge on any atom is 0.305 e. The topological polar surface area (TPSA) is 123 Å². The number of carbonyl (C=O) groups is 1. The van der Waals surface area contributed by atoms with Crippen molar-refractivity contribution >= 4 is 11.8 Å². The molecule has 0 spiro atoms. The minimum atomic E-state index is -0.169. The smallest absolute Gasteiger partial charge is 0.305 e. The first-order valence-corrected chi connectivity index (χ1v) is 14.4. The van der Waals surface area contributed by atoms with Gasteiger partial charge in [0.2, 0.25) is 0 Å². The van der Waals surface area contributed by atoms with Crippen LogP contribution in [0.2, 0.25) is 0 Å². The molecular formula is C30H43N3O6. The number of hydrogen-bond donors (Lipinski definition) is 3. The molecule has 9 nitrogen and oxygen atoms in total. The van der Waals surface area contributed by atoms with Crippen molar-refractivity contribution in [2.45, 2.75) is 96.8 Å². The third kappa shape index (κ3) is 7.60. The van der Waals surface area contributed by atoms with Gasteiger partial charge >= 0.3 is 5.97 Å². The predicted molar refractivity (Wildman–Crippen MR) is 149 cm³/mol. The van der Waals surface area contributed by atoms with Gasteiger partial charge < -0.3 is 29.7 Å². The molecule has 0 amide bonds. The number of aliphatic hydroxyl groups excluding tert-OH is 1. The molecule has 0 bridgehead atoms. The van der Waals surface area contributed by atoms with E-state index < -0.39 is 0 Å². The number of hydrogen-bond acceptors (Lipinski definition) is 9. The summed E-state index contributed by atoms with van der Waals surface area (Å²) in [6.07, 6.45) is 10.5. The molecule has 1 fully saturated rings. The van der Waals surface area contributed by atoms with Gasteiger partial charge in [0.1, 0.15) is 17.2 Å².